The van der Waals surface area contributed by atoms with Crippen molar-refractivity contribution in [2.75, 3.05) is 20.1 Å². The molecule has 1 unspecified atom stereocenters. The molecule has 3 heteroatoms. The van der Waals surface area contributed by atoms with Crippen LogP contribution in [0.3, 0.4) is 0 Å². The van der Waals surface area contributed by atoms with E-state index in [1.807, 2.05) is 11.9 Å². The third kappa shape index (κ3) is 6.31. The maximum atomic E-state index is 10.7. The first-order valence-electron chi connectivity index (χ1n) is 4.49. The number of nitrogens with two attached hydrogens (primary N) is 1. The van der Waals surface area contributed by atoms with Gasteiger partial charge >= 0.3 is 0 Å². The maximum absolute atomic E-state index is 10.7. The second-order valence-electron chi connectivity index (χ2n) is 3.40. The van der Waals surface area contributed by atoms with E-state index in [0.29, 0.717) is 6.54 Å². The van der Waals surface area contributed by atoms with Gasteiger partial charge in [0.2, 0.25) is 0 Å². The first kappa shape index (κ1) is 11.6. The Hall–Kier alpha value is -0.410. The zero-order valence-corrected chi connectivity index (χ0v) is 8.34. The third-order valence-electron chi connectivity index (χ3n) is 1.90. The smallest absolute Gasteiger partial charge is 0.143 e. The molecule has 0 fully saturated rings. The topological polar surface area (TPSA) is 46.3 Å². The Balaban J connectivity index is 3.43. The normalized spacial score (nSPS) is 13.4. The minimum atomic E-state index is 0.211. The van der Waals surface area contributed by atoms with Crippen LogP contribution in [0.1, 0.15) is 26.7 Å². The van der Waals surface area contributed by atoms with Crippen molar-refractivity contribution in [3.63, 3.8) is 0 Å². The van der Waals surface area contributed by atoms with E-state index in [2.05, 4.69) is 6.92 Å². The molecule has 2 N–H and O–H groups in total. The summed E-state index contributed by atoms with van der Waals surface area (Å²) in [5.74, 6) is 0.211. The molecule has 12 heavy (non-hydrogen) atoms. The third-order valence-corrected chi connectivity index (χ3v) is 1.90. The summed E-state index contributed by atoms with van der Waals surface area (Å²) < 4.78 is 0. The van der Waals surface area contributed by atoms with Gasteiger partial charge in [0.1, 0.15) is 5.78 Å². The minimum Gasteiger partial charge on any atom is -0.328 e. The van der Waals surface area contributed by atoms with Gasteiger partial charge in [-0.3, -0.25) is 9.69 Å². The summed E-state index contributed by atoms with van der Waals surface area (Å²) in [6.07, 6.45) is 1.98. The fraction of sp³-hybridized carbons (Fsp3) is 0.889. The van der Waals surface area contributed by atoms with Gasteiger partial charge in [-0.1, -0.05) is 6.92 Å². The number of Topliss-reactive ketones (excluding diaryl/α,β-unsaturated/α-hetero) is 1. The van der Waals surface area contributed by atoms with Crippen LogP contribution in [-0.4, -0.2) is 36.9 Å². The predicted octanol–water partition coefficient (Wildman–Crippen LogP) is 0.635. The van der Waals surface area contributed by atoms with Crippen LogP contribution in [0.4, 0.5) is 0 Å². The number of likely N-dealkylation sites (N-methyl/N-ethyl adjacent to an activating group) is 1. The van der Waals surface area contributed by atoms with Crippen molar-refractivity contribution in [2.24, 2.45) is 5.73 Å². The van der Waals surface area contributed by atoms with Gasteiger partial charge in [0.15, 0.2) is 0 Å². The van der Waals surface area contributed by atoms with E-state index in [1.165, 1.54) is 0 Å². The van der Waals surface area contributed by atoms with Crippen LogP contribution in [0.2, 0.25) is 0 Å². The number of nitrogens with zero attached hydrogens (tertiary/aromatic N) is 1. The van der Waals surface area contributed by atoms with Gasteiger partial charge in [0.05, 0.1) is 6.54 Å². The van der Waals surface area contributed by atoms with Crippen LogP contribution in [-0.2, 0) is 4.79 Å². The zero-order chi connectivity index (χ0) is 9.56. The zero-order valence-electron chi connectivity index (χ0n) is 8.34. The summed E-state index contributed by atoms with van der Waals surface area (Å²) in [6.45, 7) is 5.14. The van der Waals surface area contributed by atoms with Crippen LogP contribution in [0.5, 0.6) is 0 Å². The van der Waals surface area contributed by atoms with Crippen molar-refractivity contribution < 1.29 is 4.79 Å². The van der Waals surface area contributed by atoms with Crippen LogP contribution >= 0.6 is 0 Å². The molecule has 0 saturated carbocycles. The number of rotatable bonds is 6. The van der Waals surface area contributed by atoms with E-state index in [9.17, 15) is 4.79 Å². The summed E-state index contributed by atoms with van der Waals surface area (Å²) >= 11 is 0. The molecular formula is C9H20N2O. The molecule has 1 atom stereocenters. The highest BCUT2D eigenvalue weighted by molar-refractivity contribution is 5.77. The molecule has 0 aliphatic rings. The standard InChI is InChI=1S/C9H20N2O/c1-4-9(10)5-6-11(3)7-8(2)12/h9H,4-7,10H2,1-3H3. The molecular weight excluding hydrogens is 152 g/mol. The van der Waals surface area contributed by atoms with Crippen LogP contribution in [0.25, 0.3) is 0 Å². The van der Waals surface area contributed by atoms with Crippen molar-refractivity contribution >= 4 is 5.78 Å². The Labute approximate surface area is 74.9 Å². The van der Waals surface area contributed by atoms with Gasteiger partial charge in [-0.05, 0) is 33.4 Å². The summed E-state index contributed by atoms with van der Waals surface area (Å²) in [5.41, 5.74) is 5.74. The van der Waals surface area contributed by atoms with Gasteiger partial charge in [-0.15, -0.1) is 0 Å². The largest absolute Gasteiger partial charge is 0.328 e. The molecule has 0 aliphatic heterocycles. The highest BCUT2D eigenvalue weighted by Crippen LogP contribution is 1.95. The molecule has 3 nitrogen and oxygen atoms in total. The van der Waals surface area contributed by atoms with Gasteiger partial charge < -0.3 is 5.73 Å². The first-order valence-corrected chi connectivity index (χ1v) is 4.49. The molecule has 0 spiro atoms. The Morgan fingerprint density at radius 3 is 2.58 bits per heavy atom. The molecule has 0 bridgehead atoms. The molecule has 0 aromatic heterocycles. The number of carbonyl (C=O) groups excluding carboxylic acids is 1. The van der Waals surface area contributed by atoms with Crippen molar-refractivity contribution in [3.8, 4) is 0 Å². The monoisotopic (exact) mass is 172 g/mol. The second-order valence-corrected chi connectivity index (χ2v) is 3.40. The highest BCUT2D eigenvalue weighted by Gasteiger charge is 2.04. The summed E-state index contributed by atoms with van der Waals surface area (Å²) in [5, 5.41) is 0. The molecule has 0 radical (unpaired) electrons. The number of carbonyl (C=O) groups is 1. The Bertz CT molecular complexity index is 136. The van der Waals surface area contributed by atoms with E-state index >= 15 is 0 Å². The van der Waals surface area contributed by atoms with Crippen molar-refractivity contribution in [1.82, 2.24) is 4.90 Å². The fourth-order valence-corrected chi connectivity index (χ4v) is 1.05. The lowest BCUT2D eigenvalue weighted by molar-refractivity contribution is -0.117. The van der Waals surface area contributed by atoms with E-state index in [-0.39, 0.29) is 11.8 Å². The summed E-state index contributed by atoms with van der Waals surface area (Å²) in [7, 11) is 1.95. The van der Waals surface area contributed by atoms with E-state index in [4.69, 9.17) is 5.73 Å². The van der Waals surface area contributed by atoms with Gasteiger partial charge in [-0.2, -0.15) is 0 Å². The lowest BCUT2D eigenvalue weighted by Crippen LogP contribution is -2.30. The van der Waals surface area contributed by atoms with Gasteiger partial charge in [-0.25, -0.2) is 0 Å². The fourth-order valence-electron chi connectivity index (χ4n) is 1.05. The number of hydrogen-bond acceptors (Lipinski definition) is 3. The lowest BCUT2D eigenvalue weighted by Gasteiger charge is -2.16. The van der Waals surface area contributed by atoms with Crippen LogP contribution < -0.4 is 5.73 Å². The van der Waals surface area contributed by atoms with Gasteiger partial charge in [0, 0.05) is 6.04 Å². The number of hydrogen-bond donors (Lipinski definition) is 1. The van der Waals surface area contributed by atoms with E-state index in [0.717, 1.165) is 19.4 Å². The second kappa shape index (κ2) is 6.14. The molecule has 0 aromatic carbocycles. The van der Waals surface area contributed by atoms with Crippen molar-refractivity contribution in [1.29, 1.82) is 0 Å². The van der Waals surface area contributed by atoms with E-state index in [1.54, 1.807) is 6.92 Å². The quantitative estimate of drug-likeness (QED) is 0.639. The molecule has 0 aliphatic carbocycles. The highest BCUT2D eigenvalue weighted by atomic mass is 16.1. The average molecular weight is 172 g/mol. The molecule has 0 aromatic rings. The van der Waals surface area contributed by atoms with Gasteiger partial charge in [0.25, 0.3) is 0 Å². The predicted molar refractivity (Wildman–Crippen MR) is 51.1 cm³/mol. The molecule has 72 valence electrons. The lowest BCUT2D eigenvalue weighted by atomic mass is 10.1. The van der Waals surface area contributed by atoms with Crippen molar-refractivity contribution in [3.05, 3.63) is 0 Å². The number of ketones is 1. The molecule has 0 amide bonds. The van der Waals surface area contributed by atoms with E-state index < -0.39 is 0 Å². The Morgan fingerprint density at radius 2 is 2.17 bits per heavy atom. The molecule has 0 rings (SSSR count). The maximum Gasteiger partial charge on any atom is 0.143 e. The Morgan fingerprint density at radius 1 is 1.58 bits per heavy atom. The average Bonchev–Trinajstić information content (AvgIpc) is 1.99. The SMILES string of the molecule is CCC(N)CCN(C)CC(C)=O. The van der Waals surface area contributed by atoms with Crippen molar-refractivity contribution in [2.45, 2.75) is 32.7 Å². The molecule has 0 saturated heterocycles. The summed E-state index contributed by atoms with van der Waals surface area (Å²) in [4.78, 5) is 12.7. The first-order chi connectivity index (χ1) is 5.56. The minimum absolute atomic E-state index is 0.211. The van der Waals surface area contributed by atoms with Crippen LogP contribution in [0.15, 0.2) is 0 Å². The molecule has 0 heterocycles. The van der Waals surface area contributed by atoms with Crippen LogP contribution in [0, 0.1) is 0 Å². The Kier molecular flexibility index (Phi) is 5.93. The summed E-state index contributed by atoms with van der Waals surface area (Å²) in [6, 6.07) is 0.277.